The van der Waals surface area contributed by atoms with Gasteiger partial charge in [0, 0.05) is 19.2 Å². The summed E-state index contributed by atoms with van der Waals surface area (Å²) in [6.45, 7) is 2.96. The largest absolute Gasteiger partial charge is 0.380 e. The molecule has 5 heteroatoms. The van der Waals surface area contributed by atoms with Crippen LogP contribution in [-0.4, -0.2) is 29.9 Å². The first-order valence-electron chi connectivity index (χ1n) is 6.99. The standard InChI is InChI=1S/C15H19N3O2/c1-3-10-4-6-11(7-5-10)14-17-15(20-18-14)13-8-12(19-2)9-16-13/h4-7,12-13,16H,3,8-9H2,1-2H3. The van der Waals surface area contributed by atoms with E-state index in [9.17, 15) is 0 Å². The molecule has 1 aromatic heterocycles. The molecule has 1 aliphatic rings. The molecule has 2 unspecified atom stereocenters. The highest BCUT2D eigenvalue weighted by atomic mass is 16.5. The summed E-state index contributed by atoms with van der Waals surface area (Å²) in [4.78, 5) is 4.49. The van der Waals surface area contributed by atoms with Crippen molar-refractivity contribution in [2.75, 3.05) is 13.7 Å². The Labute approximate surface area is 118 Å². The maximum atomic E-state index is 5.37. The zero-order chi connectivity index (χ0) is 13.9. The molecule has 1 N–H and O–H groups in total. The molecule has 20 heavy (non-hydrogen) atoms. The van der Waals surface area contributed by atoms with Gasteiger partial charge in [-0.3, -0.25) is 0 Å². The predicted molar refractivity (Wildman–Crippen MR) is 75.3 cm³/mol. The Morgan fingerprint density at radius 2 is 2.15 bits per heavy atom. The summed E-state index contributed by atoms with van der Waals surface area (Å²) < 4.78 is 10.7. The average molecular weight is 273 g/mol. The van der Waals surface area contributed by atoms with Crippen molar-refractivity contribution in [2.45, 2.75) is 31.9 Å². The van der Waals surface area contributed by atoms with Gasteiger partial charge in [0.2, 0.25) is 11.7 Å². The number of aromatic nitrogens is 2. The van der Waals surface area contributed by atoms with Gasteiger partial charge in [-0.05, 0) is 18.4 Å². The molecular weight excluding hydrogens is 254 g/mol. The van der Waals surface area contributed by atoms with Crippen LogP contribution in [0.15, 0.2) is 28.8 Å². The lowest BCUT2D eigenvalue weighted by molar-refractivity contribution is 0.116. The zero-order valence-corrected chi connectivity index (χ0v) is 11.8. The fraction of sp³-hybridized carbons (Fsp3) is 0.467. The summed E-state index contributed by atoms with van der Waals surface area (Å²) in [6, 6.07) is 8.36. The van der Waals surface area contributed by atoms with Gasteiger partial charge in [-0.15, -0.1) is 0 Å². The number of methoxy groups -OCH3 is 1. The van der Waals surface area contributed by atoms with Crippen LogP contribution in [0.25, 0.3) is 11.4 Å². The van der Waals surface area contributed by atoms with Gasteiger partial charge in [0.1, 0.15) is 0 Å². The van der Waals surface area contributed by atoms with E-state index >= 15 is 0 Å². The molecule has 0 amide bonds. The fourth-order valence-corrected chi connectivity index (χ4v) is 2.45. The van der Waals surface area contributed by atoms with Gasteiger partial charge in [0.05, 0.1) is 12.1 Å². The van der Waals surface area contributed by atoms with E-state index in [1.165, 1.54) is 5.56 Å². The van der Waals surface area contributed by atoms with Crippen molar-refractivity contribution >= 4 is 0 Å². The lowest BCUT2D eigenvalue weighted by Gasteiger charge is -2.04. The average Bonchev–Trinajstić information content (AvgIpc) is 3.16. The maximum absolute atomic E-state index is 5.37. The second-order valence-electron chi connectivity index (χ2n) is 5.06. The van der Waals surface area contributed by atoms with Crippen molar-refractivity contribution in [1.82, 2.24) is 15.5 Å². The highest BCUT2D eigenvalue weighted by Gasteiger charge is 2.29. The molecule has 1 aliphatic heterocycles. The van der Waals surface area contributed by atoms with E-state index < -0.39 is 0 Å². The van der Waals surface area contributed by atoms with Crippen molar-refractivity contribution in [2.24, 2.45) is 0 Å². The van der Waals surface area contributed by atoms with Crippen LogP contribution in [0.5, 0.6) is 0 Å². The Morgan fingerprint density at radius 1 is 1.35 bits per heavy atom. The zero-order valence-electron chi connectivity index (χ0n) is 11.8. The Morgan fingerprint density at radius 3 is 2.80 bits per heavy atom. The van der Waals surface area contributed by atoms with Crippen molar-refractivity contribution in [3.8, 4) is 11.4 Å². The fourth-order valence-electron chi connectivity index (χ4n) is 2.45. The van der Waals surface area contributed by atoms with Crippen LogP contribution in [0.2, 0.25) is 0 Å². The SMILES string of the molecule is CCc1ccc(-c2noc(C3CC(OC)CN3)n2)cc1. The van der Waals surface area contributed by atoms with Crippen LogP contribution in [-0.2, 0) is 11.2 Å². The molecule has 1 saturated heterocycles. The minimum Gasteiger partial charge on any atom is -0.380 e. The molecule has 1 aromatic carbocycles. The minimum atomic E-state index is 0.0936. The second kappa shape index (κ2) is 5.73. The normalized spacial score (nSPS) is 22.3. The molecule has 2 heterocycles. The summed E-state index contributed by atoms with van der Waals surface area (Å²) in [5.74, 6) is 1.28. The second-order valence-corrected chi connectivity index (χ2v) is 5.06. The Balaban J connectivity index is 1.76. The number of hydrogen-bond donors (Lipinski definition) is 1. The first-order valence-corrected chi connectivity index (χ1v) is 6.99. The summed E-state index contributed by atoms with van der Waals surface area (Å²) in [5, 5.41) is 7.41. The van der Waals surface area contributed by atoms with E-state index in [0.717, 1.165) is 24.9 Å². The number of hydrogen-bond acceptors (Lipinski definition) is 5. The number of benzene rings is 1. The molecule has 0 radical (unpaired) electrons. The first kappa shape index (κ1) is 13.3. The van der Waals surface area contributed by atoms with Crippen LogP contribution in [0.3, 0.4) is 0 Å². The van der Waals surface area contributed by atoms with E-state index in [1.807, 2.05) is 12.1 Å². The van der Waals surface area contributed by atoms with Gasteiger partial charge >= 0.3 is 0 Å². The molecule has 2 atom stereocenters. The van der Waals surface area contributed by atoms with E-state index in [2.05, 4.69) is 34.5 Å². The molecule has 5 nitrogen and oxygen atoms in total. The molecule has 0 bridgehead atoms. The lowest BCUT2D eigenvalue weighted by Crippen LogP contribution is -2.16. The van der Waals surface area contributed by atoms with E-state index in [0.29, 0.717) is 11.7 Å². The number of nitrogens with zero attached hydrogens (tertiary/aromatic N) is 2. The third-order valence-corrected chi connectivity index (χ3v) is 3.78. The third-order valence-electron chi connectivity index (χ3n) is 3.78. The number of ether oxygens (including phenoxy) is 1. The number of rotatable bonds is 4. The van der Waals surface area contributed by atoms with Gasteiger partial charge in [0.25, 0.3) is 0 Å². The molecule has 1 fully saturated rings. The smallest absolute Gasteiger partial charge is 0.244 e. The molecule has 0 aliphatic carbocycles. The summed E-state index contributed by atoms with van der Waals surface area (Å²) >= 11 is 0. The van der Waals surface area contributed by atoms with Crippen molar-refractivity contribution in [1.29, 1.82) is 0 Å². The third kappa shape index (κ3) is 2.59. The monoisotopic (exact) mass is 273 g/mol. The molecule has 0 spiro atoms. The van der Waals surface area contributed by atoms with Crippen LogP contribution in [0.1, 0.15) is 30.8 Å². The van der Waals surface area contributed by atoms with E-state index in [4.69, 9.17) is 9.26 Å². The number of nitrogens with one attached hydrogen (secondary N) is 1. The molecule has 0 saturated carbocycles. The minimum absolute atomic E-state index is 0.0936. The van der Waals surface area contributed by atoms with Gasteiger partial charge in [-0.25, -0.2) is 0 Å². The predicted octanol–water partition coefficient (Wildman–Crippen LogP) is 2.35. The van der Waals surface area contributed by atoms with Gasteiger partial charge in [-0.2, -0.15) is 4.98 Å². The van der Waals surface area contributed by atoms with Crippen LogP contribution >= 0.6 is 0 Å². The topological polar surface area (TPSA) is 60.2 Å². The first-order chi connectivity index (χ1) is 9.80. The Kier molecular flexibility index (Phi) is 3.80. The maximum Gasteiger partial charge on any atom is 0.244 e. The Hall–Kier alpha value is -1.72. The Bertz CT molecular complexity index is 565. The van der Waals surface area contributed by atoms with Crippen LogP contribution in [0, 0.1) is 0 Å². The quantitative estimate of drug-likeness (QED) is 0.926. The molecule has 2 aromatic rings. The van der Waals surface area contributed by atoms with Gasteiger partial charge in [-0.1, -0.05) is 36.3 Å². The highest BCUT2D eigenvalue weighted by molar-refractivity contribution is 5.54. The van der Waals surface area contributed by atoms with E-state index in [-0.39, 0.29) is 12.1 Å². The van der Waals surface area contributed by atoms with Gasteiger partial charge < -0.3 is 14.6 Å². The van der Waals surface area contributed by atoms with Crippen molar-refractivity contribution < 1.29 is 9.26 Å². The summed E-state index contributed by atoms with van der Waals surface area (Å²) in [5.41, 5.74) is 2.29. The summed E-state index contributed by atoms with van der Waals surface area (Å²) in [7, 11) is 1.73. The molecule has 3 rings (SSSR count). The highest BCUT2D eigenvalue weighted by Crippen LogP contribution is 2.25. The number of aryl methyl sites for hydroxylation is 1. The van der Waals surface area contributed by atoms with Gasteiger partial charge in [0.15, 0.2) is 0 Å². The molecular formula is C15H19N3O2. The van der Waals surface area contributed by atoms with Crippen molar-refractivity contribution in [3.05, 3.63) is 35.7 Å². The van der Waals surface area contributed by atoms with Crippen molar-refractivity contribution in [3.63, 3.8) is 0 Å². The van der Waals surface area contributed by atoms with Crippen LogP contribution in [0.4, 0.5) is 0 Å². The summed E-state index contributed by atoms with van der Waals surface area (Å²) in [6.07, 6.45) is 2.12. The van der Waals surface area contributed by atoms with E-state index in [1.54, 1.807) is 7.11 Å². The van der Waals surface area contributed by atoms with Crippen LogP contribution < -0.4 is 5.32 Å². The lowest BCUT2D eigenvalue weighted by atomic mass is 10.1. The molecule has 106 valence electrons.